The fraction of sp³-hybridized carbons (Fsp3) is 0.222. The van der Waals surface area contributed by atoms with Gasteiger partial charge in [-0.1, -0.05) is 38.1 Å². The van der Waals surface area contributed by atoms with Crippen LogP contribution in [0.1, 0.15) is 29.8 Å². The Morgan fingerprint density at radius 2 is 1.49 bits per heavy atom. The highest BCUT2D eigenvalue weighted by Crippen LogP contribution is 2.31. The molecule has 0 radical (unpaired) electrons. The van der Waals surface area contributed by atoms with E-state index < -0.39 is 12.0 Å². The molecule has 0 bridgehead atoms. The van der Waals surface area contributed by atoms with Crippen LogP contribution >= 0.6 is 0 Å². The van der Waals surface area contributed by atoms with E-state index in [4.69, 9.17) is 4.74 Å². The van der Waals surface area contributed by atoms with E-state index in [2.05, 4.69) is 10.6 Å². The van der Waals surface area contributed by atoms with Crippen LogP contribution in [0.15, 0.2) is 66.7 Å². The van der Waals surface area contributed by atoms with Gasteiger partial charge in [-0.25, -0.2) is 9.59 Å². The van der Waals surface area contributed by atoms with Crippen molar-refractivity contribution in [1.29, 1.82) is 0 Å². The standard InChI is InChI=1S/C27H27N3O5/c1-16(2)24(26(32)33)30-15-19-5-4-18(14-23(19)25(30)31)17-6-8-20(9-7-17)28-27(34)29-21-10-12-22(35-3)13-11-21/h4-14,16,24H,15H2,1-3H3,(H,32,33)(H2,28,29,34). The van der Waals surface area contributed by atoms with Crippen molar-refractivity contribution < 1.29 is 24.2 Å². The summed E-state index contributed by atoms with van der Waals surface area (Å²) in [4.78, 5) is 38.4. The summed E-state index contributed by atoms with van der Waals surface area (Å²) in [7, 11) is 1.58. The van der Waals surface area contributed by atoms with E-state index >= 15 is 0 Å². The molecule has 0 saturated carbocycles. The SMILES string of the molecule is COc1ccc(NC(=O)Nc2ccc(-c3ccc4c(c3)C(=O)N(C(C(=O)O)C(C)C)C4)cc2)cc1. The van der Waals surface area contributed by atoms with E-state index in [1.54, 1.807) is 63.4 Å². The van der Waals surface area contributed by atoms with Gasteiger partial charge in [0.2, 0.25) is 0 Å². The van der Waals surface area contributed by atoms with Crippen molar-refractivity contribution in [2.75, 3.05) is 17.7 Å². The Bertz CT molecular complexity index is 1250. The maximum absolute atomic E-state index is 13.0. The van der Waals surface area contributed by atoms with Crippen LogP contribution in [0, 0.1) is 5.92 Å². The Hall–Kier alpha value is -4.33. The van der Waals surface area contributed by atoms with Crippen molar-refractivity contribution in [2.24, 2.45) is 5.92 Å². The van der Waals surface area contributed by atoms with Crippen LogP contribution in [0.3, 0.4) is 0 Å². The topological polar surface area (TPSA) is 108 Å². The van der Waals surface area contributed by atoms with Crippen molar-refractivity contribution in [2.45, 2.75) is 26.4 Å². The molecule has 3 aromatic rings. The summed E-state index contributed by atoms with van der Waals surface area (Å²) >= 11 is 0. The minimum atomic E-state index is -1.000. The Morgan fingerprint density at radius 3 is 2.03 bits per heavy atom. The Balaban J connectivity index is 1.44. The number of carboxylic acids is 1. The van der Waals surface area contributed by atoms with Crippen LogP contribution in [0.2, 0.25) is 0 Å². The summed E-state index contributed by atoms with van der Waals surface area (Å²) in [6, 6.07) is 18.6. The highest BCUT2D eigenvalue weighted by molar-refractivity contribution is 6.02. The van der Waals surface area contributed by atoms with Gasteiger partial charge in [0, 0.05) is 23.5 Å². The van der Waals surface area contributed by atoms with Gasteiger partial charge in [-0.05, 0) is 65.1 Å². The predicted octanol–water partition coefficient (Wildman–Crippen LogP) is 5.07. The number of urea groups is 1. The maximum atomic E-state index is 13.0. The molecule has 0 fully saturated rings. The molecule has 8 heteroatoms. The zero-order chi connectivity index (χ0) is 25.1. The molecule has 180 valence electrons. The van der Waals surface area contributed by atoms with E-state index in [0.717, 1.165) is 16.7 Å². The molecule has 0 spiro atoms. The third kappa shape index (κ3) is 5.11. The molecule has 3 N–H and O–H groups in total. The molecule has 1 aliphatic heterocycles. The van der Waals surface area contributed by atoms with E-state index in [1.807, 2.05) is 24.3 Å². The number of aliphatic carboxylic acids is 1. The first-order valence-electron chi connectivity index (χ1n) is 11.3. The van der Waals surface area contributed by atoms with Crippen molar-refractivity contribution in [3.8, 4) is 16.9 Å². The largest absolute Gasteiger partial charge is 0.497 e. The van der Waals surface area contributed by atoms with Crippen molar-refractivity contribution >= 4 is 29.3 Å². The van der Waals surface area contributed by atoms with Gasteiger partial charge in [0.25, 0.3) is 5.91 Å². The number of hydrogen-bond acceptors (Lipinski definition) is 4. The smallest absolute Gasteiger partial charge is 0.326 e. The van der Waals surface area contributed by atoms with Gasteiger partial charge < -0.3 is 25.4 Å². The lowest BCUT2D eigenvalue weighted by Crippen LogP contribution is -2.44. The average molecular weight is 474 g/mol. The quantitative estimate of drug-likeness (QED) is 0.444. The lowest BCUT2D eigenvalue weighted by molar-refractivity contribution is -0.144. The Labute approximate surface area is 203 Å². The average Bonchev–Trinajstić information content (AvgIpc) is 3.15. The number of nitrogens with zero attached hydrogens (tertiary/aromatic N) is 1. The molecule has 0 aliphatic carbocycles. The van der Waals surface area contributed by atoms with Crippen LogP contribution in [-0.2, 0) is 11.3 Å². The molecule has 3 aromatic carbocycles. The molecule has 1 heterocycles. The van der Waals surface area contributed by atoms with E-state index in [-0.39, 0.29) is 24.4 Å². The summed E-state index contributed by atoms with van der Waals surface area (Å²) in [5.41, 5.74) is 4.31. The molecule has 35 heavy (non-hydrogen) atoms. The third-order valence-corrected chi connectivity index (χ3v) is 5.99. The van der Waals surface area contributed by atoms with Gasteiger partial charge >= 0.3 is 12.0 Å². The predicted molar refractivity (Wildman–Crippen MR) is 134 cm³/mol. The lowest BCUT2D eigenvalue weighted by Gasteiger charge is -2.27. The number of methoxy groups -OCH3 is 1. The second-order valence-electron chi connectivity index (χ2n) is 8.72. The van der Waals surface area contributed by atoms with Gasteiger partial charge in [-0.15, -0.1) is 0 Å². The number of rotatable bonds is 7. The summed E-state index contributed by atoms with van der Waals surface area (Å²) in [5.74, 6) is -0.765. The van der Waals surface area contributed by atoms with Crippen LogP contribution in [0.4, 0.5) is 16.2 Å². The lowest BCUT2D eigenvalue weighted by atomic mass is 10.00. The van der Waals surface area contributed by atoms with Crippen molar-refractivity contribution in [3.63, 3.8) is 0 Å². The minimum Gasteiger partial charge on any atom is -0.497 e. The number of hydrogen-bond donors (Lipinski definition) is 3. The van der Waals surface area contributed by atoms with E-state index in [0.29, 0.717) is 22.7 Å². The van der Waals surface area contributed by atoms with Crippen LogP contribution in [0.5, 0.6) is 5.75 Å². The van der Waals surface area contributed by atoms with Gasteiger partial charge in [-0.2, -0.15) is 0 Å². The molecule has 1 aliphatic rings. The first-order valence-corrected chi connectivity index (χ1v) is 11.3. The van der Waals surface area contributed by atoms with Crippen LogP contribution < -0.4 is 15.4 Å². The fourth-order valence-electron chi connectivity index (χ4n) is 4.22. The number of nitrogens with one attached hydrogen (secondary N) is 2. The summed E-state index contributed by atoms with van der Waals surface area (Å²) < 4.78 is 5.11. The number of carboxylic acid groups (broad SMARTS) is 1. The molecule has 0 aromatic heterocycles. The van der Waals surface area contributed by atoms with Gasteiger partial charge in [0.15, 0.2) is 0 Å². The summed E-state index contributed by atoms with van der Waals surface area (Å²) in [6.45, 7) is 3.89. The van der Waals surface area contributed by atoms with Crippen molar-refractivity contribution in [1.82, 2.24) is 4.90 Å². The number of carbonyl (C=O) groups excluding carboxylic acids is 2. The number of amides is 3. The fourth-order valence-corrected chi connectivity index (χ4v) is 4.22. The zero-order valence-electron chi connectivity index (χ0n) is 19.7. The summed E-state index contributed by atoms with van der Waals surface area (Å²) in [5, 5.41) is 15.1. The molecule has 1 atom stereocenters. The number of fused-ring (bicyclic) bond motifs is 1. The number of ether oxygens (including phenoxy) is 1. The zero-order valence-corrected chi connectivity index (χ0v) is 19.7. The molecule has 3 amide bonds. The van der Waals surface area contributed by atoms with E-state index in [1.165, 1.54) is 4.90 Å². The highest BCUT2D eigenvalue weighted by Gasteiger charge is 2.38. The monoisotopic (exact) mass is 473 g/mol. The molecule has 8 nitrogen and oxygen atoms in total. The van der Waals surface area contributed by atoms with E-state index in [9.17, 15) is 19.5 Å². The summed E-state index contributed by atoms with van der Waals surface area (Å²) in [6.07, 6.45) is 0. The van der Waals surface area contributed by atoms with Gasteiger partial charge in [0.1, 0.15) is 11.8 Å². The third-order valence-electron chi connectivity index (χ3n) is 5.99. The second-order valence-corrected chi connectivity index (χ2v) is 8.72. The Morgan fingerprint density at radius 1 is 0.914 bits per heavy atom. The molecule has 0 saturated heterocycles. The molecular weight excluding hydrogens is 446 g/mol. The number of benzene rings is 3. The normalized spacial score (nSPS) is 13.4. The minimum absolute atomic E-state index is 0.202. The molecular formula is C27H27N3O5. The first kappa shape index (κ1) is 23.8. The number of carbonyl (C=O) groups is 3. The highest BCUT2D eigenvalue weighted by atomic mass is 16.5. The molecule has 4 rings (SSSR count). The van der Waals surface area contributed by atoms with Gasteiger partial charge in [0.05, 0.1) is 7.11 Å². The van der Waals surface area contributed by atoms with Gasteiger partial charge in [-0.3, -0.25) is 4.79 Å². The second kappa shape index (κ2) is 9.89. The number of anilines is 2. The maximum Gasteiger partial charge on any atom is 0.326 e. The Kier molecular flexibility index (Phi) is 6.73. The van der Waals surface area contributed by atoms with Crippen LogP contribution in [-0.4, -0.2) is 41.1 Å². The van der Waals surface area contributed by atoms with Crippen molar-refractivity contribution in [3.05, 3.63) is 77.9 Å². The first-order chi connectivity index (χ1) is 16.8. The molecule has 1 unspecified atom stereocenters. The van der Waals surface area contributed by atoms with Crippen LogP contribution in [0.25, 0.3) is 11.1 Å².